The van der Waals surface area contributed by atoms with Crippen molar-refractivity contribution in [3.05, 3.63) is 34.9 Å². The third-order valence-corrected chi connectivity index (χ3v) is 6.62. The SMILES string of the molecule is CCCCNC(=O)N1CCN(C(=O)C(NC(=O)c2cc(C(F)(F)F)cc(C(F)(F)F)c2)C(C)CC)CC1C. The van der Waals surface area contributed by atoms with Gasteiger partial charge in [0.15, 0.2) is 0 Å². The zero-order chi connectivity index (χ0) is 28.8. The van der Waals surface area contributed by atoms with Crippen molar-refractivity contribution in [2.75, 3.05) is 26.2 Å². The van der Waals surface area contributed by atoms with Crippen LogP contribution in [0.3, 0.4) is 0 Å². The van der Waals surface area contributed by atoms with Gasteiger partial charge in [-0.3, -0.25) is 9.59 Å². The first-order chi connectivity index (χ1) is 17.6. The van der Waals surface area contributed by atoms with Crippen LogP contribution in [0, 0.1) is 5.92 Å². The molecule has 1 aromatic rings. The highest BCUT2D eigenvalue weighted by Crippen LogP contribution is 2.36. The molecular formula is C25H34F6N4O3. The minimum atomic E-state index is -5.11. The summed E-state index contributed by atoms with van der Waals surface area (Å²) >= 11 is 0. The number of urea groups is 1. The summed E-state index contributed by atoms with van der Waals surface area (Å²) < 4.78 is 79.4. The van der Waals surface area contributed by atoms with Crippen molar-refractivity contribution in [3.63, 3.8) is 0 Å². The summed E-state index contributed by atoms with van der Waals surface area (Å²) in [6.07, 6.45) is -8.08. The third kappa shape index (κ3) is 8.00. The number of hydrogen-bond acceptors (Lipinski definition) is 3. The topological polar surface area (TPSA) is 81.8 Å². The zero-order valence-corrected chi connectivity index (χ0v) is 21.8. The second-order valence-electron chi connectivity index (χ2n) is 9.54. The molecule has 2 rings (SSSR count). The number of piperazine rings is 1. The maximum atomic E-state index is 13.4. The number of benzene rings is 1. The van der Waals surface area contributed by atoms with Gasteiger partial charge in [0.1, 0.15) is 6.04 Å². The normalized spacial score (nSPS) is 18.1. The van der Waals surface area contributed by atoms with E-state index in [1.807, 2.05) is 6.92 Å². The lowest BCUT2D eigenvalue weighted by molar-refractivity contribution is -0.143. The van der Waals surface area contributed by atoms with Crippen molar-refractivity contribution < 1.29 is 40.7 Å². The van der Waals surface area contributed by atoms with Crippen molar-refractivity contribution in [1.82, 2.24) is 20.4 Å². The molecule has 0 spiro atoms. The number of hydrogen-bond donors (Lipinski definition) is 2. The Bertz CT molecular complexity index is 966. The van der Waals surface area contributed by atoms with Gasteiger partial charge in [0.2, 0.25) is 5.91 Å². The molecule has 1 aliphatic rings. The molecule has 1 heterocycles. The number of amides is 4. The molecule has 7 nitrogen and oxygen atoms in total. The van der Waals surface area contributed by atoms with Crippen molar-refractivity contribution in [3.8, 4) is 0 Å². The van der Waals surface area contributed by atoms with E-state index in [2.05, 4.69) is 10.6 Å². The number of unbranched alkanes of at least 4 members (excludes halogenated alkanes) is 1. The number of carbonyl (C=O) groups is 3. The quantitative estimate of drug-likeness (QED) is 0.355. The molecule has 1 saturated heterocycles. The fourth-order valence-corrected chi connectivity index (χ4v) is 4.12. The number of halogens is 6. The molecule has 3 atom stereocenters. The van der Waals surface area contributed by atoms with Crippen LogP contribution >= 0.6 is 0 Å². The number of nitrogens with one attached hydrogen (secondary N) is 2. The Morgan fingerprint density at radius 2 is 1.58 bits per heavy atom. The minimum Gasteiger partial charge on any atom is -0.340 e. The van der Waals surface area contributed by atoms with Gasteiger partial charge >= 0.3 is 18.4 Å². The average Bonchev–Trinajstić information content (AvgIpc) is 2.84. The summed E-state index contributed by atoms with van der Waals surface area (Å²) in [5.41, 5.74) is -4.09. The van der Waals surface area contributed by atoms with Gasteiger partial charge in [0.05, 0.1) is 11.1 Å². The van der Waals surface area contributed by atoms with Crippen LogP contribution in [0.4, 0.5) is 31.1 Å². The molecule has 0 aromatic heterocycles. The van der Waals surface area contributed by atoms with E-state index in [-0.39, 0.29) is 37.8 Å². The zero-order valence-electron chi connectivity index (χ0n) is 21.8. The van der Waals surface area contributed by atoms with E-state index < -0.39 is 52.8 Å². The smallest absolute Gasteiger partial charge is 0.340 e. The Labute approximate surface area is 217 Å². The molecule has 1 aromatic carbocycles. The average molecular weight is 553 g/mol. The van der Waals surface area contributed by atoms with Gasteiger partial charge in [-0.05, 0) is 37.5 Å². The van der Waals surface area contributed by atoms with Crippen molar-refractivity contribution >= 4 is 17.8 Å². The first-order valence-electron chi connectivity index (χ1n) is 12.5. The van der Waals surface area contributed by atoms with Crippen molar-refractivity contribution in [2.24, 2.45) is 5.92 Å². The lowest BCUT2D eigenvalue weighted by Crippen LogP contribution is -2.61. The standard InChI is InChI=1S/C25H34F6N4O3/c1-5-7-8-32-23(38)35-10-9-34(14-16(35)4)22(37)20(15(3)6-2)33-21(36)17-11-18(24(26,27)28)13-19(12-17)25(29,30)31/h11-13,15-16,20H,5-10,14H2,1-4H3,(H,32,38)(H,33,36). The van der Waals surface area contributed by atoms with Crippen LogP contribution in [-0.2, 0) is 17.1 Å². The highest BCUT2D eigenvalue weighted by molar-refractivity contribution is 5.98. The minimum absolute atomic E-state index is 0.0621. The summed E-state index contributed by atoms with van der Waals surface area (Å²) in [7, 11) is 0. The maximum absolute atomic E-state index is 13.4. The molecule has 1 fully saturated rings. The third-order valence-electron chi connectivity index (χ3n) is 6.62. The monoisotopic (exact) mass is 552 g/mol. The maximum Gasteiger partial charge on any atom is 0.416 e. The fraction of sp³-hybridized carbons (Fsp3) is 0.640. The van der Waals surface area contributed by atoms with Crippen LogP contribution in [-0.4, -0.2) is 65.9 Å². The van der Waals surface area contributed by atoms with E-state index in [0.717, 1.165) is 12.8 Å². The lowest BCUT2D eigenvalue weighted by atomic mass is 9.96. The molecule has 214 valence electrons. The number of alkyl halides is 6. The predicted octanol–water partition coefficient (Wildman–Crippen LogP) is 4.91. The number of rotatable bonds is 8. The lowest BCUT2D eigenvalue weighted by Gasteiger charge is -2.41. The summed E-state index contributed by atoms with van der Waals surface area (Å²) in [6.45, 7) is 8.22. The van der Waals surface area contributed by atoms with E-state index in [9.17, 15) is 40.7 Å². The molecule has 4 amide bonds. The summed E-state index contributed by atoms with van der Waals surface area (Å²) in [5, 5.41) is 5.18. The molecule has 38 heavy (non-hydrogen) atoms. The van der Waals surface area contributed by atoms with Crippen LogP contribution in [0.5, 0.6) is 0 Å². The van der Waals surface area contributed by atoms with Crippen LogP contribution in [0.2, 0.25) is 0 Å². The second-order valence-corrected chi connectivity index (χ2v) is 9.54. The Morgan fingerprint density at radius 1 is 1.00 bits per heavy atom. The molecule has 0 aliphatic carbocycles. The summed E-state index contributed by atoms with van der Waals surface area (Å²) in [4.78, 5) is 41.7. The highest BCUT2D eigenvalue weighted by atomic mass is 19.4. The second kappa shape index (κ2) is 12.7. The van der Waals surface area contributed by atoms with E-state index in [1.54, 1.807) is 25.7 Å². The molecule has 0 saturated carbocycles. The van der Waals surface area contributed by atoms with E-state index in [4.69, 9.17) is 0 Å². The summed E-state index contributed by atoms with van der Waals surface area (Å²) in [5.74, 6) is -2.21. The molecule has 13 heteroatoms. The van der Waals surface area contributed by atoms with Gasteiger partial charge in [0, 0.05) is 37.8 Å². The van der Waals surface area contributed by atoms with Gasteiger partial charge in [-0.2, -0.15) is 26.3 Å². The first-order valence-corrected chi connectivity index (χ1v) is 12.5. The van der Waals surface area contributed by atoms with Gasteiger partial charge < -0.3 is 20.4 Å². The molecule has 0 bridgehead atoms. The van der Waals surface area contributed by atoms with Crippen molar-refractivity contribution in [2.45, 2.75) is 71.4 Å². The Morgan fingerprint density at radius 3 is 2.05 bits per heavy atom. The van der Waals surface area contributed by atoms with Crippen LogP contribution in [0.15, 0.2) is 18.2 Å². The summed E-state index contributed by atoms with van der Waals surface area (Å²) in [6, 6.07) is -1.18. The first kappa shape index (κ1) is 31.2. The Balaban J connectivity index is 2.23. The Hall–Kier alpha value is -2.99. The van der Waals surface area contributed by atoms with Gasteiger partial charge in [-0.1, -0.05) is 33.6 Å². The van der Waals surface area contributed by atoms with Crippen LogP contribution in [0.1, 0.15) is 68.4 Å². The van der Waals surface area contributed by atoms with E-state index >= 15 is 0 Å². The van der Waals surface area contributed by atoms with Gasteiger partial charge in [-0.25, -0.2) is 4.79 Å². The van der Waals surface area contributed by atoms with Crippen LogP contribution in [0.25, 0.3) is 0 Å². The molecule has 3 unspecified atom stereocenters. The van der Waals surface area contributed by atoms with Gasteiger partial charge in [-0.15, -0.1) is 0 Å². The number of carbonyl (C=O) groups excluding carboxylic acids is 3. The molecule has 2 N–H and O–H groups in total. The highest BCUT2D eigenvalue weighted by Gasteiger charge is 2.39. The Kier molecular flexibility index (Phi) is 10.4. The van der Waals surface area contributed by atoms with E-state index in [0.29, 0.717) is 25.1 Å². The van der Waals surface area contributed by atoms with Crippen LogP contribution < -0.4 is 10.6 Å². The number of nitrogens with zero attached hydrogens (tertiary/aromatic N) is 2. The van der Waals surface area contributed by atoms with E-state index in [1.165, 1.54) is 4.90 Å². The van der Waals surface area contributed by atoms with Crippen molar-refractivity contribution in [1.29, 1.82) is 0 Å². The molecular weight excluding hydrogens is 518 g/mol. The molecule has 0 radical (unpaired) electrons. The molecule has 1 aliphatic heterocycles. The predicted molar refractivity (Wildman–Crippen MR) is 128 cm³/mol. The van der Waals surface area contributed by atoms with Gasteiger partial charge in [0.25, 0.3) is 5.91 Å². The largest absolute Gasteiger partial charge is 0.416 e. The fourth-order valence-electron chi connectivity index (χ4n) is 4.12.